The standard InChI is InChI=1S/C25H24O5/c1-2-28-24(27)16-29-20-11-8-18(9-12-20)25-21-13-10-19(26)14-23(21)30-15-22(25)17-6-4-3-5-7-17/h3-14,22,25-26H,2,15-16H2,1H3/t22-,25-/m1/s1. The summed E-state index contributed by atoms with van der Waals surface area (Å²) in [6.45, 7) is 2.51. The summed E-state index contributed by atoms with van der Waals surface area (Å²) in [5.41, 5.74) is 3.35. The number of esters is 1. The maximum Gasteiger partial charge on any atom is 0.344 e. The highest BCUT2D eigenvalue weighted by Gasteiger charge is 2.33. The van der Waals surface area contributed by atoms with E-state index in [1.54, 1.807) is 19.1 Å². The molecule has 0 aromatic heterocycles. The van der Waals surface area contributed by atoms with Gasteiger partial charge in [-0.25, -0.2) is 4.79 Å². The molecule has 0 amide bonds. The van der Waals surface area contributed by atoms with Gasteiger partial charge in [-0.15, -0.1) is 0 Å². The Morgan fingerprint density at radius 1 is 1.03 bits per heavy atom. The van der Waals surface area contributed by atoms with Crippen LogP contribution in [-0.2, 0) is 9.53 Å². The van der Waals surface area contributed by atoms with Crippen LogP contribution in [0.2, 0.25) is 0 Å². The van der Waals surface area contributed by atoms with E-state index < -0.39 is 0 Å². The fourth-order valence-corrected chi connectivity index (χ4v) is 3.91. The van der Waals surface area contributed by atoms with Gasteiger partial charge in [0.15, 0.2) is 6.61 Å². The van der Waals surface area contributed by atoms with E-state index in [0.29, 0.717) is 24.7 Å². The third kappa shape index (κ3) is 4.25. The number of hydrogen-bond donors (Lipinski definition) is 1. The SMILES string of the molecule is CCOC(=O)COc1ccc([C@@H]2c3ccc(O)cc3OC[C@@H]2c2ccccc2)cc1. The molecule has 0 saturated carbocycles. The van der Waals surface area contributed by atoms with Gasteiger partial charge in [0.05, 0.1) is 13.2 Å². The van der Waals surface area contributed by atoms with Crippen molar-refractivity contribution in [3.05, 3.63) is 89.5 Å². The van der Waals surface area contributed by atoms with Crippen LogP contribution in [0, 0.1) is 0 Å². The number of phenols is 1. The lowest BCUT2D eigenvalue weighted by atomic mass is 9.76. The largest absolute Gasteiger partial charge is 0.508 e. The Morgan fingerprint density at radius 2 is 1.80 bits per heavy atom. The highest BCUT2D eigenvalue weighted by molar-refractivity contribution is 5.71. The van der Waals surface area contributed by atoms with Crippen LogP contribution in [0.25, 0.3) is 0 Å². The highest BCUT2D eigenvalue weighted by atomic mass is 16.6. The lowest BCUT2D eigenvalue weighted by Gasteiger charge is -2.34. The van der Waals surface area contributed by atoms with E-state index in [9.17, 15) is 9.90 Å². The zero-order valence-corrected chi connectivity index (χ0v) is 16.8. The van der Waals surface area contributed by atoms with Gasteiger partial charge in [-0.2, -0.15) is 0 Å². The Labute approximate surface area is 175 Å². The van der Waals surface area contributed by atoms with Crippen molar-refractivity contribution in [2.75, 3.05) is 19.8 Å². The van der Waals surface area contributed by atoms with Crippen LogP contribution in [0.1, 0.15) is 35.4 Å². The summed E-state index contributed by atoms with van der Waals surface area (Å²) >= 11 is 0. The van der Waals surface area contributed by atoms with Crippen molar-refractivity contribution in [3.63, 3.8) is 0 Å². The summed E-state index contributed by atoms with van der Waals surface area (Å²) in [6, 6.07) is 23.4. The summed E-state index contributed by atoms with van der Waals surface area (Å²) < 4.78 is 16.4. The summed E-state index contributed by atoms with van der Waals surface area (Å²) in [6.07, 6.45) is 0. The lowest BCUT2D eigenvalue weighted by Crippen LogP contribution is -2.25. The van der Waals surface area contributed by atoms with Crippen molar-refractivity contribution < 1.29 is 24.1 Å². The van der Waals surface area contributed by atoms with Crippen LogP contribution < -0.4 is 9.47 Å². The van der Waals surface area contributed by atoms with E-state index in [2.05, 4.69) is 12.1 Å². The quantitative estimate of drug-likeness (QED) is 0.606. The molecule has 2 atom stereocenters. The molecule has 0 bridgehead atoms. The second-order valence-electron chi connectivity index (χ2n) is 7.19. The monoisotopic (exact) mass is 404 g/mol. The average molecular weight is 404 g/mol. The molecule has 3 aromatic carbocycles. The number of carbonyl (C=O) groups excluding carboxylic acids is 1. The maximum atomic E-state index is 11.5. The molecule has 0 aliphatic carbocycles. The summed E-state index contributed by atoms with van der Waals surface area (Å²) in [7, 11) is 0. The Bertz CT molecular complexity index is 998. The smallest absolute Gasteiger partial charge is 0.344 e. The third-order valence-electron chi connectivity index (χ3n) is 5.28. The van der Waals surface area contributed by atoms with E-state index in [0.717, 1.165) is 11.1 Å². The first-order chi connectivity index (χ1) is 14.7. The Hall–Kier alpha value is -3.47. The first-order valence-electron chi connectivity index (χ1n) is 10.0. The fraction of sp³-hybridized carbons (Fsp3) is 0.240. The number of benzene rings is 3. The molecule has 1 aliphatic heterocycles. The minimum absolute atomic E-state index is 0.0656. The van der Waals surface area contributed by atoms with Gasteiger partial charge >= 0.3 is 5.97 Å². The van der Waals surface area contributed by atoms with Crippen LogP contribution in [0.15, 0.2) is 72.8 Å². The molecule has 1 heterocycles. The van der Waals surface area contributed by atoms with Crippen molar-refractivity contribution in [1.82, 2.24) is 0 Å². The van der Waals surface area contributed by atoms with Crippen LogP contribution in [-0.4, -0.2) is 30.9 Å². The van der Waals surface area contributed by atoms with Crippen molar-refractivity contribution in [2.24, 2.45) is 0 Å². The highest BCUT2D eigenvalue weighted by Crippen LogP contribution is 2.47. The van der Waals surface area contributed by atoms with E-state index in [1.165, 1.54) is 5.56 Å². The van der Waals surface area contributed by atoms with Gasteiger partial charge in [0, 0.05) is 23.5 Å². The molecule has 0 radical (unpaired) electrons. The van der Waals surface area contributed by atoms with Crippen molar-refractivity contribution in [2.45, 2.75) is 18.8 Å². The van der Waals surface area contributed by atoms with Gasteiger partial charge in [0.2, 0.25) is 0 Å². The van der Waals surface area contributed by atoms with E-state index in [1.807, 2.05) is 48.5 Å². The van der Waals surface area contributed by atoms with Crippen molar-refractivity contribution in [3.8, 4) is 17.2 Å². The molecule has 4 rings (SSSR count). The molecule has 154 valence electrons. The van der Waals surface area contributed by atoms with Gasteiger partial charge in [-0.05, 0) is 36.2 Å². The van der Waals surface area contributed by atoms with Gasteiger partial charge in [-0.3, -0.25) is 0 Å². The Kier molecular flexibility index (Phi) is 5.89. The zero-order chi connectivity index (χ0) is 20.9. The predicted molar refractivity (Wildman–Crippen MR) is 113 cm³/mol. The molecule has 5 heteroatoms. The minimum atomic E-state index is -0.385. The van der Waals surface area contributed by atoms with Crippen LogP contribution >= 0.6 is 0 Å². The minimum Gasteiger partial charge on any atom is -0.508 e. The fourth-order valence-electron chi connectivity index (χ4n) is 3.91. The maximum absolute atomic E-state index is 11.5. The van der Waals surface area contributed by atoms with Gasteiger partial charge < -0.3 is 19.3 Å². The third-order valence-corrected chi connectivity index (χ3v) is 5.28. The number of aromatic hydroxyl groups is 1. The topological polar surface area (TPSA) is 65.0 Å². The van der Waals surface area contributed by atoms with Crippen LogP contribution in [0.4, 0.5) is 0 Å². The lowest BCUT2D eigenvalue weighted by molar-refractivity contribution is -0.145. The molecule has 3 aromatic rings. The summed E-state index contributed by atoms with van der Waals surface area (Å²) in [5.74, 6) is 1.32. The average Bonchev–Trinajstić information content (AvgIpc) is 2.78. The number of phenolic OH excluding ortho intramolecular Hbond substituents is 1. The van der Waals surface area contributed by atoms with E-state index >= 15 is 0 Å². The molecule has 0 spiro atoms. The van der Waals surface area contributed by atoms with Crippen molar-refractivity contribution >= 4 is 5.97 Å². The molecule has 0 saturated heterocycles. The van der Waals surface area contributed by atoms with Gasteiger partial charge in [-0.1, -0.05) is 48.5 Å². The predicted octanol–water partition coefficient (Wildman–Crippen LogP) is 4.64. The second-order valence-corrected chi connectivity index (χ2v) is 7.19. The number of fused-ring (bicyclic) bond motifs is 1. The summed E-state index contributed by atoms with van der Waals surface area (Å²) in [5, 5.41) is 9.87. The van der Waals surface area contributed by atoms with E-state index in [4.69, 9.17) is 14.2 Å². The molecule has 0 unspecified atom stereocenters. The van der Waals surface area contributed by atoms with Crippen molar-refractivity contribution in [1.29, 1.82) is 0 Å². The number of hydrogen-bond acceptors (Lipinski definition) is 5. The number of carbonyl (C=O) groups is 1. The second kappa shape index (κ2) is 8.91. The number of ether oxygens (including phenoxy) is 3. The molecule has 0 fully saturated rings. The van der Waals surface area contributed by atoms with E-state index in [-0.39, 0.29) is 30.2 Å². The van der Waals surface area contributed by atoms with Gasteiger partial charge in [0.1, 0.15) is 17.2 Å². The summed E-state index contributed by atoms with van der Waals surface area (Å²) in [4.78, 5) is 11.5. The van der Waals surface area contributed by atoms with Gasteiger partial charge in [0.25, 0.3) is 0 Å². The Morgan fingerprint density at radius 3 is 2.53 bits per heavy atom. The molecular formula is C25H24O5. The first-order valence-corrected chi connectivity index (χ1v) is 10.0. The molecule has 5 nitrogen and oxygen atoms in total. The molecule has 1 N–H and O–H groups in total. The zero-order valence-electron chi connectivity index (χ0n) is 16.8. The molecular weight excluding hydrogens is 380 g/mol. The Balaban J connectivity index is 1.64. The first kappa shape index (κ1) is 19.8. The number of rotatable bonds is 6. The van der Waals surface area contributed by atoms with Crippen LogP contribution in [0.3, 0.4) is 0 Å². The normalized spacial score (nSPS) is 17.5. The molecule has 1 aliphatic rings. The van der Waals surface area contributed by atoms with Crippen LogP contribution in [0.5, 0.6) is 17.2 Å². The molecule has 30 heavy (non-hydrogen) atoms.